The van der Waals surface area contributed by atoms with Gasteiger partial charge in [-0.25, -0.2) is 0 Å². The van der Waals surface area contributed by atoms with E-state index in [2.05, 4.69) is 59.2 Å². The van der Waals surface area contributed by atoms with Crippen molar-refractivity contribution in [3.63, 3.8) is 0 Å². The fourth-order valence-corrected chi connectivity index (χ4v) is 10.2. The minimum Gasteiger partial charge on any atom is -0.414 e. The van der Waals surface area contributed by atoms with Gasteiger partial charge in [0.1, 0.15) is 0 Å². The summed E-state index contributed by atoms with van der Waals surface area (Å²) in [6.07, 6.45) is 14.3. The molecule has 3 fully saturated rings. The summed E-state index contributed by atoms with van der Waals surface area (Å²) in [4.78, 5) is 0. The summed E-state index contributed by atoms with van der Waals surface area (Å²) in [6, 6.07) is 0. The number of hydrogen-bond acceptors (Lipinski definition) is 2. The highest BCUT2D eigenvalue weighted by molar-refractivity contribution is 6.70. The molecule has 4 aliphatic carbocycles. The Balaban J connectivity index is 1.53. The smallest absolute Gasteiger partial charge is 0.184 e. The third kappa shape index (κ3) is 4.13. The van der Waals surface area contributed by atoms with Gasteiger partial charge in [-0.3, -0.25) is 0 Å². The lowest BCUT2D eigenvalue weighted by molar-refractivity contribution is -0.0660. The topological polar surface area (TPSA) is 18.5 Å². The molecule has 0 N–H and O–H groups in total. The van der Waals surface area contributed by atoms with Gasteiger partial charge in [-0.05, 0) is 119 Å². The maximum atomic E-state index is 6.75. The van der Waals surface area contributed by atoms with Crippen LogP contribution in [0.25, 0.3) is 0 Å². The van der Waals surface area contributed by atoms with Gasteiger partial charge in [0.2, 0.25) is 0 Å². The van der Waals surface area contributed by atoms with Crippen molar-refractivity contribution in [1.82, 2.24) is 0 Å². The van der Waals surface area contributed by atoms with E-state index in [1.54, 1.807) is 5.57 Å². The monoisotopic (exact) mass is 434 g/mol. The maximum Gasteiger partial charge on any atom is 0.184 e. The van der Waals surface area contributed by atoms with Gasteiger partial charge in [0.05, 0.1) is 6.10 Å². The zero-order valence-corrected chi connectivity index (χ0v) is 22.4. The molecule has 0 bridgehead atoms. The van der Waals surface area contributed by atoms with Crippen molar-refractivity contribution in [2.45, 2.75) is 117 Å². The highest BCUT2D eigenvalue weighted by Crippen LogP contribution is 2.65. The van der Waals surface area contributed by atoms with E-state index in [4.69, 9.17) is 8.85 Å². The predicted molar refractivity (Wildman–Crippen MR) is 128 cm³/mol. The number of fused-ring (bicyclic) bond motifs is 5. The first kappa shape index (κ1) is 22.3. The fourth-order valence-electron chi connectivity index (χ4n) is 7.80. The number of allylic oxidation sites excluding steroid dienone is 1. The summed E-state index contributed by atoms with van der Waals surface area (Å²) < 4.78 is 13.3. The molecule has 166 valence electrons. The largest absolute Gasteiger partial charge is 0.414 e. The molecule has 0 aliphatic heterocycles. The van der Waals surface area contributed by atoms with Gasteiger partial charge in [-0.1, -0.05) is 25.5 Å². The van der Waals surface area contributed by atoms with Gasteiger partial charge in [0, 0.05) is 6.10 Å². The molecule has 29 heavy (non-hydrogen) atoms. The van der Waals surface area contributed by atoms with Gasteiger partial charge in [-0.2, -0.15) is 0 Å². The van der Waals surface area contributed by atoms with Gasteiger partial charge < -0.3 is 8.85 Å². The SMILES string of the molecule is CC12CCC(O[Si](C)(C)C)CC1=CCC1C2CCC2(C)C(O[Si](C)(C)C)CCC12. The fraction of sp³-hybridized carbons (Fsp3) is 0.920. The third-order valence-electron chi connectivity index (χ3n) is 8.99. The Hall–Kier alpha value is 0.0938. The minimum absolute atomic E-state index is 0.418. The minimum atomic E-state index is -1.48. The van der Waals surface area contributed by atoms with Crippen molar-refractivity contribution < 1.29 is 8.85 Å². The Morgan fingerprint density at radius 1 is 0.828 bits per heavy atom. The first-order valence-corrected chi connectivity index (χ1v) is 19.2. The molecular weight excluding hydrogens is 388 g/mol. The molecule has 0 saturated heterocycles. The molecule has 4 heteroatoms. The first-order chi connectivity index (χ1) is 13.3. The second kappa shape index (κ2) is 7.32. The lowest BCUT2D eigenvalue weighted by Gasteiger charge is -2.58. The van der Waals surface area contributed by atoms with E-state index < -0.39 is 16.6 Å². The lowest BCUT2D eigenvalue weighted by atomic mass is 9.48. The molecule has 7 unspecified atom stereocenters. The predicted octanol–water partition coefficient (Wildman–Crippen LogP) is 7.39. The van der Waals surface area contributed by atoms with E-state index >= 15 is 0 Å². The zero-order chi connectivity index (χ0) is 21.2. The van der Waals surface area contributed by atoms with E-state index in [-0.39, 0.29) is 0 Å². The summed E-state index contributed by atoms with van der Waals surface area (Å²) in [5.41, 5.74) is 2.60. The molecule has 0 amide bonds. The van der Waals surface area contributed by atoms with Crippen molar-refractivity contribution >= 4 is 16.6 Å². The van der Waals surface area contributed by atoms with Gasteiger partial charge in [0.15, 0.2) is 16.6 Å². The molecule has 0 spiro atoms. The van der Waals surface area contributed by atoms with Crippen LogP contribution in [0, 0.1) is 28.6 Å². The summed E-state index contributed by atoms with van der Waals surface area (Å²) in [5.74, 6) is 2.64. The van der Waals surface area contributed by atoms with Crippen molar-refractivity contribution in [3.05, 3.63) is 11.6 Å². The summed E-state index contributed by atoms with van der Waals surface area (Å²) in [5, 5.41) is 0. The molecule has 7 atom stereocenters. The first-order valence-electron chi connectivity index (χ1n) is 12.4. The molecule has 4 rings (SSSR count). The maximum absolute atomic E-state index is 6.75. The van der Waals surface area contributed by atoms with Crippen molar-refractivity contribution in [2.24, 2.45) is 28.6 Å². The second-order valence-electron chi connectivity index (χ2n) is 13.2. The Morgan fingerprint density at radius 2 is 1.52 bits per heavy atom. The van der Waals surface area contributed by atoms with E-state index in [0.29, 0.717) is 23.0 Å². The van der Waals surface area contributed by atoms with E-state index in [0.717, 1.165) is 17.8 Å². The molecule has 0 aromatic rings. The number of hydrogen-bond donors (Lipinski definition) is 0. The molecule has 0 aromatic heterocycles. The van der Waals surface area contributed by atoms with Crippen molar-refractivity contribution in [1.29, 1.82) is 0 Å². The Morgan fingerprint density at radius 3 is 2.17 bits per heavy atom. The summed E-state index contributed by atoms with van der Waals surface area (Å²) >= 11 is 0. The molecule has 3 saturated carbocycles. The van der Waals surface area contributed by atoms with Crippen LogP contribution in [-0.4, -0.2) is 28.8 Å². The van der Waals surface area contributed by atoms with E-state index in [1.165, 1.54) is 51.4 Å². The summed E-state index contributed by atoms with van der Waals surface area (Å²) in [6.45, 7) is 19.3. The second-order valence-corrected chi connectivity index (χ2v) is 22.1. The van der Waals surface area contributed by atoms with Crippen LogP contribution in [-0.2, 0) is 8.85 Å². The Kier molecular flexibility index (Phi) is 5.62. The summed E-state index contributed by atoms with van der Waals surface area (Å²) in [7, 11) is -2.93. The average molecular weight is 435 g/mol. The van der Waals surface area contributed by atoms with E-state index in [9.17, 15) is 0 Å². The highest BCUT2D eigenvalue weighted by atomic mass is 28.4. The molecule has 0 radical (unpaired) electrons. The third-order valence-corrected chi connectivity index (χ3v) is 11.0. The Labute approximate surface area is 182 Å². The normalized spacial score (nSPS) is 45.2. The van der Waals surface area contributed by atoms with Gasteiger partial charge in [0.25, 0.3) is 0 Å². The molecule has 4 aliphatic rings. The lowest BCUT2D eigenvalue weighted by Crippen LogP contribution is -2.52. The van der Waals surface area contributed by atoms with Gasteiger partial charge in [-0.15, -0.1) is 0 Å². The van der Waals surface area contributed by atoms with Crippen LogP contribution in [0.5, 0.6) is 0 Å². The van der Waals surface area contributed by atoms with Crippen LogP contribution in [0.15, 0.2) is 11.6 Å². The standard InChI is InChI=1S/C25H46O2Si2/c1-24-15-13-19(26-28(3,4)5)17-18(24)9-10-20-21-11-12-23(27-29(6,7)8)25(21,2)16-14-22(20)24/h9,19-23H,10-17H2,1-8H3. The van der Waals surface area contributed by atoms with Crippen molar-refractivity contribution in [2.75, 3.05) is 0 Å². The van der Waals surface area contributed by atoms with Crippen LogP contribution in [0.2, 0.25) is 39.3 Å². The van der Waals surface area contributed by atoms with E-state index in [1.807, 2.05) is 0 Å². The van der Waals surface area contributed by atoms with Crippen LogP contribution >= 0.6 is 0 Å². The van der Waals surface area contributed by atoms with Crippen LogP contribution in [0.1, 0.15) is 65.2 Å². The van der Waals surface area contributed by atoms with Gasteiger partial charge >= 0.3 is 0 Å². The average Bonchev–Trinajstić information content (AvgIpc) is 2.89. The number of rotatable bonds is 4. The van der Waals surface area contributed by atoms with Crippen LogP contribution in [0.4, 0.5) is 0 Å². The molecule has 0 heterocycles. The molecular formula is C25H46O2Si2. The van der Waals surface area contributed by atoms with Crippen LogP contribution < -0.4 is 0 Å². The highest BCUT2D eigenvalue weighted by Gasteiger charge is 2.59. The molecule has 2 nitrogen and oxygen atoms in total. The molecule has 0 aromatic carbocycles. The Bertz CT molecular complexity index is 661. The van der Waals surface area contributed by atoms with Crippen LogP contribution in [0.3, 0.4) is 0 Å². The quantitative estimate of drug-likeness (QED) is 0.339. The zero-order valence-electron chi connectivity index (χ0n) is 20.4. The van der Waals surface area contributed by atoms with Crippen molar-refractivity contribution in [3.8, 4) is 0 Å².